The lowest BCUT2D eigenvalue weighted by atomic mass is 9.81. The zero-order valence-electron chi connectivity index (χ0n) is 16.1. The molecule has 3 rings (SSSR count). The molecule has 1 aliphatic carbocycles. The van der Waals surface area contributed by atoms with Gasteiger partial charge in [-0.3, -0.25) is 19.3 Å². The van der Waals surface area contributed by atoms with E-state index < -0.39 is 0 Å². The van der Waals surface area contributed by atoms with Crippen molar-refractivity contribution >= 4 is 17.7 Å². The lowest BCUT2D eigenvalue weighted by molar-refractivity contribution is -0.140. The largest absolute Gasteiger partial charge is 0.496 e. The molecular weight excluding hydrogens is 344 g/mol. The van der Waals surface area contributed by atoms with Gasteiger partial charge in [0.1, 0.15) is 5.75 Å². The maximum absolute atomic E-state index is 12.4. The van der Waals surface area contributed by atoms with E-state index in [4.69, 9.17) is 4.74 Å². The number of carbonyl (C=O) groups is 3. The molecule has 2 aliphatic rings. The highest BCUT2D eigenvalue weighted by atomic mass is 16.5. The summed E-state index contributed by atoms with van der Waals surface area (Å²) >= 11 is 0. The summed E-state index contributed by atoms with van der Waals surface area (Å²) in [6.07, 6.45) is 4.45. The number of hydrogen-bond acceptors (Lipinski definition) is 4. The van der Waals surface area contributed by atoms with Crippen LogP contribution in [0.25, 0.3) is 0 Å². The highest BCUT2D eigenvalue weighted by Gasteiger charge is 2.47. The second kappa shape index (κ2) is 8.55. The summed E-state index contributed by atoms with van der Waals surface area (Å²) in [6.45, 7) is 2.69. The topological polar surface area (TPSA) is 75.7 Å². The van der Waals surface area contributed by atoms with Gasteiger partial charge in [-0.05, 0) is 37.8 Å². The van der Waals surface area contributed by atoms with Crippen LogP contribution in [0, 0.1) is 18.8 Å². The molecule has 2 fully saturated rings. The van der Waals surface area contributed by atoms with Crippen LogP contribution in [0.3, 0.4) is 0 Å². The highest BCUT2D eigenvalue weighted by Crippen LogP contribution is 2.37. The Labute approximate surface area is 160 Å². The summed E-state index contributed by atoms with van der Waals surface area (Å²) in [4.78, 5) is 38.3. The van der Waals surface area contributed by atoms with Gasteiger partial charge in [-0.15, -0.1) is 0 Å². The number of methoxy groups -OCH3 is 1. The lowest BCUT2D eigenvalue weighted by Crippen LogP contribution is -2.35. The van der Waals surface area contributed by atoms with Crippen LogP contribution in [-0.2, 0) is 20.8 Å². The second-order valence-electron chi connectivity index (χ2n) is 7.49. The van der Waals surface area contributed by atoms with Crippen LogP contribution >= 0.6 is 0 Å². The Morgan fingerprint density at radius 3 is 2.48 bits per heavy atom. The fourth-order valence-corrected chi connectivity index (χ4v) is 4.19. The molecule has 1 N–H and O–H groups in total. The van der Waals surface area contributed by atoms with Crippen LogP contribution in [-0.4, -0.2) is 42.8 Å². The number of likely N-dealkylation sites (tertiary alicyclic amines) is 1. The molecule has 0 bridgehead atoms. The molecule has 27 heavy (non-hydrogen) atoms. The summed E-state index contributed by atoms with van der Waals surface area (Å²) in [5.74, 6) is 0.206. The Balaban J connectivity index is 1.46. The Morgan fingerprint density at radius 2 is 1.85 bits per heavy atom. The van der Waals surface area contributed by atoms with E-state index >= 15 is 0 Å². The fourth-order valence-electron chi connectivity index (χ4n) is 4.19. The van der Waals surface area contributed by atoms with Crippen molar-refractivity contribution in [3.63, 3.8) is 0 Å². The lowest BCUT2D eigenvalue weighted by Gasteiger charge is -2.19. The van der Waals surface area contributed by atoms with Gasteiger partial charge in [0.05, 0.1) is 18.9 Å². The Bertz CT molecular complexity index is 707. The molecule has 2 atom stereocenters. The molecule has 1 aromatic rings. The quantitative estimate of drug-likeness (QED) is 0.745. The first-order valence-electron chi connectivity index (χ1n) is 9.76. The van der Waals surface area contributed by atoms with Crippen molar-refractivity contribution < 1.29 is 19.1 Å². The highest BCUT2D eigenvalue weighted by molar-refractivity contribution is 6.05. The van der Waals surface area contributed by atoms with Crippen molar-refractivity contribution in [1.29, 1.82) is 0 Å². The molecule has 0 spiro atoms. The average molecular weight is 372 g/mol. The number of hydrogen-bond donors (Lipinski definition) is 1. The van der Waals surface area contributed by atoms with Crippen molar-refractivity contribution in [2.24, 2.45) is 11.8 Å². The summed E-state index contributed by atoms with van der Waals surface area (Å²) in [5, 5.41) is 2.87. The number of fused-ring (bicyclic) bond motifs is 1. The monoisotopic (exact) mass is 372 g/mol. The number of ether oxygens (including phenoxy) is 1. The molecule has 1 aliphatic heterocycles. The first-order chi connectivity index (χ1) is 13.0. The number of nitrogens with one attached hydrogen (secondary N) is 1. The maximum Gasteiger partial charge on any atom is 0.233 e. The van der Waals surface area contributed by atoms with E-state index in [0.717, 1.165) is 42.6 Å². The molecule has 1 saturated carbocycles. The van der Waals surface area contributed by atoms with Crippen molar-refractivity contribution in [2.75, 3.05) is 20.2 Å². The van der Waals surface area contributed by atoms with Gasteiger partial charge in [-0.25, -0.2) is 0 Å². The van der Waals surface area contributed by atoms with Crippen molar-refractivity contribution in [3.8, 4) is 5.75 Å². The third-order valence-corrected chi connectivity index (χ3v) is 5.65. The fraction of sp³-hybridized carbons (Fsp3) is 0.571. The minimum Gasteiger partial charge on any atom is -0.496 e. The molecular formula is C21H28N2O4. The number of amides is 3. The van der Waals surface area contributed by atoms with Crippen LogP contribution in [0.2, 0.25) is 0 Å². The van der Waals surface area contributed by atoms with Gasteiger partial charge in [0.2, 0.25) is 17.7 Å². The van der Waals surface area contributed by atoms with Crippen LogP contribution in [0.1, 0.15) is 43.2 Å². The van der Waals surface area contributed by atoms with Gasteiger partial charge < -0.3 is 10.1 Å². The summed E-state index contributed by atoms with van der Waals surface area (Å²) in [5.41, 5.74) is 2.19. The maximum atomic E-state index is 12.4. The van der Waals surface area contributed by atoms with E-state index in [1.54, 1.807) is 7.11 Å². The number of nitrogens with zero attached hydrogens (tertiary/aromatic N) is 1. The molecule has 6 heteroatoms. The number of rotatable bonds is 7. The average Bonchev–Trinajstić information content (AvgIpc) is 2.91. The normalized spacial score (nSPS) is 21.9. The van der Waals surface area contributed by atoms with E-state index in [1.807, 2.05) is 25.1 Å². The number of aryl methyl sites for hydroxylation is 1. The Kier molecular flexibility index (Phi) is 6.14. The first-order valence-corrected chi connectivity index (χ1v) is 9.76. The number of imide groups is 1. The zero-order chi connectivity index (χ0) is 19.4. The molecule has 2 unspecified atom stereocenters. The van der Waals surface area contributed by atoms with E-state index in [1.165, 1.54) is 4.90 Å². The third-order valence-electron chi connectivity index (χ3n) is 5.65. The van der Waals surface area contributed by atoms with Crippen molar-refractivity contribution in [3.05, 3.63) is 29.3 Å². The molecule has 0 aromatic heterocycles. The van der Waals surface area contributed by atoms with Crippen molar-refractivity contribution in [2.45, 2.75) is 45.4 Å². The van der Waals surface area contributed by atoms with Crippen LogP contribution in [0.5, 0.6) is 5.75 Å². The van der Waals surface area contributed by atoms with Gasteiger partial charge in [0.15, 0.2) is 0 Å². The van der Waals surface area contributed by atoms with E-state index in [0.29, 0.717) is 13.0 Å². The SMILES string of the molecule is COc1ccc(C)cc1CCNC(=O)CCN1C(=O)C2CCCCC2C1=O. The zero-order valence-corrected chi connectivity index (χ0v) is 16.1. The predicted molar refractivity (Wildman–Crippen MR) is 101 cm³/mol. The van der Waals surface area contributed by atoms with Crippen LogP contribution in [0.4, 0.5) is 0 Å². The molecule has 1 heterocycles. The summed E-state index contributed by atoms with van der Waals surface area (Å²) < 4.78 is 5.35. The van der Waals surface area contributed by atoms with E-state index in [9.17, 15) is 14.4 Å². The first kappa shape index (κ1) is 19.4. The van der Waals surface area contributed by atoms with Crippen molar-refractivity contribution in [1.82, 2.24) is 10.2 Å². The second-order valence-corrected chi connectivity index (χ2v) is 7.49. The van der Waals surface area contributed by atoms with E-state index in [2.05, 4.69) is 5.32 Å². The summed E-state index contributed by atoms with van der Waals surface area (Å²) in [6, 6.07) is 5.97. The number of benzene rings is 1. The van der Waals surface area contributed by atoms with Gasteiger partial charge in [0.25, 0.3) is 0 Å². The molecule has 1 saturated heterocycles. The van der Waals surface area contributed by atoms with Crippen LogP contribution in [0.15, 0.2) is 18.2 Å². The number of carbonyl (C=O) groups excluding carboxylic acids is 3. The standard InChI is InChI=1S/C21H28N2O4/c1-14-7-8-18(27-2)15(13-14)9-11-22-19(24)10-12-23-20(25)16-5-3-4-6-17(16)21(23)26/h7-8,13,16-17H,3-6,9-12H2,1-2H3,(H,22,24). The van der Waals surface area contributed by atoms with Gasteiger partial charge in [-0.2, -0.15) is 0 Å². The molecule has 6 nitrogen and oxygen atoms in total. The predicted octanol–water partition coefficient (Wildman–Crippen LogP) is 2.23. The molecule has 3 amide bonds. The molecule has 146 valence electrons. The Hall–Kier alpha value is -2.37. The Morgan fingerprint density at radius 1 is 1.19 bits per heavy atom. The van der Waals surface area contributed by atoms with Gasteiger partial charge in [0, 0.05) is 19.5 Å². The van der Waals surface area contributed by atoms with Gasteiger partial charge in [-0.1, -0.05) is 30.5 Å². The third kappa shape index (κ3) is 4.31. The van der Waals surface area contributed by atoms with Crippen LogP contribution < -0.4 is 10.1 Å². The summed E-state index contributed by atoms with van der Waals surface area (Å²) in [7, 11) is 1.63. The smallest absolute Gasteiger partial charge is 0.233 e. The molecule has 0 radical (unpaired) electrons. The minimum absolute atomic E-state index is 0.0815. The minimum atomic E-state index is -0.150. The van der Waals surface area contributed by atoms with E-state index in [-0.39, 0.29) is 42.5 Å². The van der Waals surface area contributed by atoms with Gasteiger partial charge >= 0.3 is 0 Å². The molecule has 1 aromatic carbocycles.